The number of aromatic nitrogens is 2. The summed E-state index contributed by atoms with van der Waals surface area (Å²) in [6.45, 7) is -1.64. The van der Waals surface area contributed by atoms with Crippen molar-refractivity contribution in [3.63, 3.8) is 0 Å². The lowest BCUT2D eigenvalue weighted by molar-refractivity contribution is -0.332. The van der Waals surface area contributed by atoms with E-state index in [-0.39, 0.29) is 5.82 Å². The molecule has 1 aromatic carbocycles. The van der Waals surface area contributed by atoms with Crippen molar-refractivity contribution in [3.05, 3.63) is 29.5 Å². The Hall–Kier alpha value is -1.77. The van der Waals surface area contributed by atoms with E-state index in [0.717, 1.165) is 11.2 Å². The smallest absolute Gasteiger partial charge is 0.355 e. The molecule has 2 heterocycles. The van der Waals surface area contributed by atoms with E-state index >= 15 is 0 Å². The van der Waals surface area contributed by atoms with Crippen molar-refractivity contribution in [1.29, 1.82) is 0 Å². The molecule has 0 radical (unpaired) electrons. The predicted molar refractivity (Wildman–Crippen MR) is 75.9 cm³/mol. The molecule has 1 aliphatic heterocycles. The lowest BCUT2D eigenvalue weighted by Crippen LogP contribution is -2.51. The van der Waals surface area contributed by atoms with Crippen LogP contribution in [0.25, 0.3) is 10.9 Å². The summed E-state index contributed by atoms with van der Waals surface area (Å²) in [4.78, 5) is 8.83. The third-order valence-electron chi connectivity index (χ3n) is 4.23. The molecular weight excluding hydrogens is 360 g/mol. The van der Waals surface area contributed by atoms with Crippen LogP contribution in [0.3, 0.4) is 0 Å². The molecule has 3 nitrogen and oxygen atoms in total. The van der Waals surface area contributed by atoms with Crippen LogP contribution >= 0.6 is 11.6 Å². The van der Waals surface area contributed by atoms with Gasteiger partial charge in [0.2, 0.25) is 0 Å². The fourth-order valence-corrected chi connectivity index (χ4v) is 3.05. The molecule has 0 amide bonds. The highest BCUT2D eigenvalue weighted by Crippen LogP contribution is 2.56. The SMILES string of the molecule is FC(F)(F)C1(C(F)(F)F)CCN(c2ncnc3cc(Cl)ccc23)C1. The third-order valence-corrected chi connectivity index (χ3v) is 4.47. The molecule has 0 unspecified atom stereocenters. The molecule has 0 N–H and O–H groups in total. The van der Waals surface area contributed by atoms with Crippen LogP contribution in [0.4, 0.5) is 32.2 Å². The number of alkyl halides is 6. The molecule has 1 aromatic heterocycles. The maximum Gasteiger partial charge on any atom is 0.404 e. The second kappa shape index (κ2) is 5.37. The van der Waals surface area contributed by atoms with Crippen LogP contribution in [0.15, 0.2) is 24.5 Å². The lowest BCUT2D eigenvalue weighted by atomic mass is 9.85. The van der Waals surface area contributed by atoms with Crippen molar-refractivity contribution in [2.24, 2.45) is 5.41 Å². The summed E-state index contributed by atoms with van der Waals surface area (Å²) in [5.74, 6) is 0.0343. The maximum absolute atomic E-state index is 13.2. The Kier molecular flexibility index (Phi) is 3.82. The van der Waals surface area contributed by atoms with Crippen LogP contribution in [-0.4, -0.2) is 35.4 Å². The van der Waals surface area contributed by atoms with E-state index in [4.69, 9.17) is 11.6 Å². The number of fused-ring (bicyclic) bond motifs is 1. The van der Waals surface area contributed by atoms with Crippen LogP contribution < -0.4 is 4.90 Å². The topological polar surface area (TPSA) is 29.0 Å². The Morgan fingerprint density at radius 3 is 2.29 bits per heavy atom. The van der Waals surface area contributed by atoms with E-state index in [1.54, 1.807) is 0 Å². The van der Waals surface area contributed by atoms with Gasteiger partial charge in [-0.1, -0.05) is 11.6 Å². The van der Waals surface area contributed by atoms with E-state index < -0.39 is 37.3 Å². The van der Waals surface area contributed by atoms with E-state index in [0.29, 0.717) is 15.9 Å². The first kappa shape index (κ1) is 17.1. The van der Waals surface area contributed by atoms with Crippen molar-refractivity contribution in [2.45, 2.75) is 18.8 Å². The Morgan fingerprint density at radius 2 is 1.71 bits per heavy atom. The third kappa shape index (κ3) is 2.54. The van der Waals surface area contributed by atoms with Crippen molar-refractivity contribution in [2.75, 3.05) is 18.0 Å². The highest BCUT2D eigenvalue weighted by molar-refractivity contribution is 6.31. The fraction of sp³-hybridized carbons (Fsp3) is 0.429. The average molecular weight is 370 g/mol. The summed E-state index contributed by atoms with van der Waals surface area (Å²) in [6.07, 6.45) is -10.8. The van der Waals surface area contributed by atoms with Crippen LogP contribution in [-0.2, 0) is 0 Å². The van der Waals surface area contributed by atoms with Gasteiger partial charge < -0.3 is 4.90 Å². The minimum Gasteiger partial charge on any atom is -0.355 e. The molecule has 1 fully saturated rings. The molecule has 3 rings (SSSR count). The summed E-state index contributed by atoms with van der Waals surface area (Å²) >= 11 is 5.82. The fourth-order valence-electron chi connectivity index (χ4n) is 2.88. The van der Waals surface area contributed by atoms with Gasteiger partial charge in [-0.05, 0) is 24.6 Å². The van der Waals surface area contributed by atoms with Gasteiger partial charge in [0.15, 0.2) is 5.41 Å². The van der Waals surface area contributed by atoms with E-state index in [1.165, 1.54) is 18.2 Å². The number of hydrogen-bond acceptors (Lipinski definition) is 3. The van der Waals surface area contributed by atoms with Gasteiger partial charge in [0.05, 0.1) is 5.52 Å². The van der Waals surface area contributed by atoms with Crippen molar-refractivity contribution in [3.8, 4) is 0 Å². The second-order valence-corrected chi connectivity index (χ2v) is 6.04. The van der Waals surface area contributed by atoms with Crippen LogP contribution in [0.5, 0.6) is 0 Å². The van der Waals surface area contributed by atoms with Gasteiger partial charge in [0, 0.05) is 23.5 Å². The van der Waals surface area contributed by atoms with Crippen molar-refractivity contribution in [1.82, 2.24) is 9.97 Å². The van der Waals surface area contributed by atoms with Gasteiger partial charge in [0.1, 0.15) is 12.1 Å². The standard InChI is InChI=1S/C14H10ClF6N3/c15-8-1-2-9-10(5-8)22-7-23-11(9)24-4-3-12(6-24,13(16,17)18)14(19,20)21/h1-2,5,7H,3-4,6H2. The largest absolute Gasteiger partial charge is 0.404 e. The summed E-state index contributed by atoms with van der Waals surface area (Å²) in [6, 6.07) is 4.43. The Morgan fingerprint density at radius 1 is 1.04 bits per heavy atom. The second-order valence-electron chi connectivity index (χ2n) is 5.61. The van der Waals surface area contributed by atoms with Crippen LogP contribution in [0.1, 0.15) is 6.42 Å². The minimum absolute atomic E-state index is 0.0343. The summed E-state index contributed by atoms with van der Waals surface area (Å²) in [7, 11) is 0. The Bertz CT molecular complexity index is 759. The first-order chi connectivity index (χ1) is 11.1. The highest BCUT2D eigenvalue weighted by Gasteiger charge is 2.72. The maximum atomic E-state index is 13.2. The van der Waals surface area contributed by atoms with Gasteiger partial charge in [0.25, 0.3) is 0 Å². The van der Waals surface area contributed by atoms with Crippen LogP contribution in [0.2, 0.25) is 5.02 Å². The molecular formula is C14H10ClF6N3. The molecule has 10 heteroatoms. The molecule has 24 heavy (non-hydrogen) atoms. The number of hydrogen-bond donors (Lipinski definition) is 0. The number of halogens is 7. The summed E-state index contributed by atoms with van der Waals surface area (Å²) in [5, 5.41) is 0.704. The van der Waals surface area contributed by atoms with Gasteiger partial charge >= 0.3 is 12.4 Å². The lowest BCUT2D eigenvalue weighted by Gasteiger charge is -2.33. The van der Waals surface area contributed by atoms with Gasteiger partial charge in [-0.15, -0.1) is 0 Å². The first-order valence-electron chi connectivity index (χ1n) is 6.84. The van der Waals surface area contributed by atoms with Gasteiger partial charge in [-0.2, -0.15) is 26.3 Å². The van der Waals surface area contributed by atoms with E-state index in [2.05, 4.69) is 9.97 Å². The molecule has 0 aliphatic carbocycles. The highest BCUT2D eigenvalue weighted by atomic mass is 35.5. The van der Waals surface area contributed by atoms with E-state index in [1.807, 2.05) is 0 Å². The molecule has 0 saturated carbocycles. The predicted octanol–water partition coefficient (Wildman–Crippen LogP) is 4.60. The molecule has 1 aliphatic rings. The van der Waals surface area contributed by atoms with Crippen molar-refractivity contribution < 1.29 is 26.3 Å². The number of rotatable bonds is 1. The monoisotopic (exact) mass is 369 g/mol. The molecule has 2 aromatic rings. The normalized spacial score (nSPS) is 18.4. The van der Waals surface area contributed by atoms with Gasteiger partial charge in [-0.3, -0.25) is 0 Å². The number of benzene rings is 1. The quantitative estimate of drug-likeness (QED) is 0.688. The van der Waals surface area contributed by atoms with Crippen molar-refractivity contribution >= 4 is 28.3 Å². The molecule has 0 bridgehead atoms. The first-order valence-corrected chi connectivity index (χ1v) is 7.22. The zero-order valence-electron chi connectivity index (χ0n) is 11.9. The zero-order chi connectivity index (χ0) is 17.8. The zero-order valence-corrected chi connectivity index (χ0v) is 12.7. The summed E-state index contributed by atoms with van der Waals surface area (Å²) < 4.78 is 79.0. The number of anilines is 1. The summed E-state index contributed by atoms with van der Waals surface area (Å²) in [5.41, 5.74) is -3.41. The molecule has 1 saturated heterocycles. The van der Waals surface area contributed by atoms with Crippen LogP contribution in [0, 0.1) is 5.41 Å². The average Bonchev–Trinajstić information content (AvgIpc) is 2.92. The Balaban J connectivity index is 2.05. The Labute approximate surface area is 137 Å². The minimum atomic E-state index is -5.40. The molecule has 130 valence electrons. The molecule has 0 atom stereocenters. The van der Waals surface area contributed by atoms with E-state index in [9.17, 15) is 26.3 Å². The van der Waals surface area contributed by atoms with Gasteiger partial charge in [-0.25, -0.2) is 9.97 Å². The number of nitrogens with zero attached hydrogens (tertiary/aromatic N) is 3. The molecule has 0 spiro atoms.